The third-order valence-corrected chi connectivity index (χ3v) is 3.47. The third-order valence-electron chi connectivity index (χ3n) is 3.47. The van der Waals surface area contributed by atoms with Gasteiger partial charge < -0.3 is 13.9 Å². The topological polar surface area (TPSA) is 107 Å². The maximum absolute atomic E-state index is 11.8. The summed E-state index contributed by atoms with van der Waals surface area (Å²) < 4.78 is 15.2. The fraction of sp³-hybridized carbons (Fsp3) is 0.316. The Hall–Kier alpha value is -3.29. The number of esters is 1. The van der Waals surface area contributed by atoms with Crippen molar-refractivity contribution in [1.82, 2.24) is 10.9 Å². The number of ether oxygens (including phenoxy) is 2. The van der Waals surface area contributed by atoms with Crippen molar-refractivity contribution in [2.24, 2.45) is 0 Å². The van der Waals surface area contributed by atoms with E-state index in [0.29, 0.717) is 5.75 Å². The average molecular weight is 374 g/mol. The number of carbonyl (C=O) groups is 3. The van der Waals surface area contributed by atoms with Gasteiger partial charge in [0, 0.05) is 0 Å². The molecule has 0 aliphatic carbocycles. The normalized spacial score (nSPS) is 10.8. The highest BCUT2D eigenvalue weighted by molar-refractivity contribution is 5.93. The zero-order valence-corrected chi connectivity index (χ0v) is 15.4. The number of amides is 2. The van der Waals surface area contributed by atoms with Gasteiger partial charge in [0.1, 0.15) is 5.75 Å². The van der Waals surface area contributed by atoms with Crippen molar-refractivity contribution in [1.29, 1.82) is 0 Å². The van der Waals surface area contributed by atoms with Crippen molar-refractivity contribution in [3.05, 3.63) is 54.0 Å². The molecule has 0 bridgehead atoms. The lowest BCUT2D eigenvalue weighted by Gasteiger charge is -2.22. The first-order chi connectivity index (χ1) is 12.8. The molecule has 144 valence electrons. The molecule has 2 N–H and O–H groups in total. The summed E-state index contributed by atoms with van der Waals surface area (Å²) in [4.78, 5) is 35.0. The lowest BCUT2D eigenvalue weighted by atomic mass is 9.86. The Kier molecular flexibility index (Phi) is 6.59. The molecule has 0 radical (unpaired) electrons. The number of carbonyl (C=O) groups excluding carboxylic acids is 3. The van der Waals surface area contributed by atoms with Gasteiger partial charge in [-0.1, -0.05) is 39.0 Å². The fourth-order valence-electron chi connectivity index (χ4n) is 2.17. The zero-order valence-electron chi connectivity index (χ0n) is 15.4. The summed E-state index contributed by atoms with van der Waals surface area (Å²) in [5, 5.41) is 0. The van der Waals surface area contributed by atoms with E-state index in [4.69, 9.17) is 13.9 Å². The standard InChI is InChI=1S/C19H22N2O6/c1-19(2,3)13-7-4-5-8-14(13)26-12-17(23)27-11-16(22)20-21-18(24)15-9-6-10-25-15/h4-10H,11-12H2,1-3H3,(H,20,22)(H,21,24). The van der Waals surface area contributed by atoms with Crippen LogP contribution in [-0.2, 0) is 19.7 Å². The highest BCUT2D eigenvalue weighted by atomic mass is 16.6. The Morgan fingerprint density at radius 3 is 2.41 bits per heavy atom. The second-order valence-corrected chi connectivity index (χ2v) is 6.68. The van der Waals surface area contributed by atoms with Crippen molar-refractivity contribution in [3.63, 3.8) is 0 Å². The van der Waals surface area contributed by atoms with Gasteiger partial charge >= 0.3 is 11.9 Å². The summed E-state index contributed by atoms with van der Waals surface area (Å²) in [5.74, 6) is -1.40. The van der Waals surface area contributed by atoms with Crippen LogP contribution in [0.4, 0.5) is 0 Å². The van der Waals surface area contributed by atoms with Crippen LogP contribution >= 0.6 is 0 Å². The quantitative estimate of drug-likeness (QED) is 0.591. The summed E-state index contributed by atoms with van der Waals surface area (Å²) in [6, 6.07) is 10.4. The van der Waals surface area contributed by atoms with Gasteiger partial charge in [-0.25, -0.2) is 4.79 Å². The van der Waals surface area contributed by atoms with Crippen molar-refractivity contribution in [2.75, 3.05) is 13.2 Å². The molecular weight excluding hydrogens is 352 g/mol. The Labute approximate surface area is 156 Å². The van der Waals surface area contributed by atoms with Crippen LogP contribution in [0.1, 0.15) is 36.9 Å². The van der Waals surface area contributed by atoms with E-state index in [1.807, 2.05) is 39.0 Å². The largest absolute Gasteiger partial charge is 0.482 e. The fourth-order valence-corrected chi connectivity index (χ4v) is 2.17. The van der Waals surface area contributed by atoms with Gasteiger partial charge in [0.2, 0.25) is 0 Å². The SMILES string of the molecule is CC(C)(C)c1ccccc1OCC(=O)OCC(=O)NNC(=O)c1ccco1. The van der Waals surface area contributed by atoms with Gasteiger partial charge in [0.25, 0.3) is 5.91 Å². The molecule has 1 aromatic heterocycles. The predicted octanol–water partition coefficient (Wildman–Crippen LogP) is 1.96. The molecule has 0 atom stereocenters. The van der Waals surface area contributed by atoms with Crippen LogP contribution in [0.5, 0.6) is 5.75 Å². The minimum absolute atomic E-state index is 0.0400. The number of hydrogen-bond donors (Lipinski definition) is 2. The highest BCUT2D eigenvalue weighted by Crippen LogP contribution is 2.30. The molecule has 2 rings (SSSR count). The molecule has 8 nitrogen and oxygen atoms in total. The van der Waals surface area contributed by atoms with Gasteiger partial charge in [-0.15, -0.1) is 0 Å². The molecule has 1 aromatic carbocycles. The molecule has 1 heterocycles. The van der Waals surface area contributed by atoms with E-state index >= 15 is 0 Å². The second-order valence-electron chi connectivity index (χ2n) is 6.68. The van der Waals surface area contributed by atoms with Gasteiger partial charge in [-0.3, -0.25) is 20.4 Å². The number of rotatable bonds is 6. The monoisotopic (exact) mass is 374 g/mol. The van der Waals surface area contributed by atoms with Gasteiger partial charge in [-0.05, 0) is 29.2 Å². The Balaban J connectivity index is 1.73. The molecule has 0 unspecified atom stereocenters. The molecule has 0 fully saturated rings. The summed E-state index contributed by atoms with van der Waals surface area (Å²) >= 11 is 0. The molecule has 8 heteroatoms. The maximum atomic E-state index is 11.8. The smallest absolute Gasteiger partial charge is 0.344 e. The number of hydrazine groups is 1. The third kappa shape index (κ3) is 6.18. The van der Waals surface area contributed by atoms with Gasteiger partial charge in [0.05, 0.1) is 6.26 Å². The van der Waals surface area contributed by atoms with E-state index in [1.54, 1.807) is 6.07 Å². The first-order valence-corrected chi connectivity index (χ1v) is 8.28. The lowest BCUT2D eigenvalue weighted by Crippen LogP contribution is -2.43. The summed E-state index contributed by atoms with van der Waals surface area (Å²) in [6.07, 6.45) is 1.33. The molecule has 2 amide bonds. The number of para-hydroxylation sites is 1. The van der Waals surface area contributed by atoms with Crippen molar-refractivity contribution in [3.8, 4) is 5.75 Å². The first kappa shape index (κ1) is 20.0. The highest BCUT2D eigenvalue weighted by Gasteiger charge is 2.19. The summed E-state index contributed by atoms with van der Waals surface area (Å²) in [6.45, 7) is 5.22. The number of nitrogens with one attached hydrogen (secondary N) is 2. The van der Waals surface area contributed by atoms with Crippen LogP contribution in [0.25, 0.3) is 0 Å². The molecule has 0 aliphatic heterocycles. The van der Waals surface area contributed by atoms with Crippen molar-refractivity contribution >= 4 is 17.8 Å². The van der Waals surface area contributed by atoms with Gasteiger partial charge in [0.15, 0.2) is 19.0 Å². The van der Waals surface area contributed by atoms with Crippen LogP contribution in [-0.4, -0.2) is 31.0 Å². The zero-order chi connectivity index (χ0) is 19.9. The molecule has 27 heavy (non-hydrogen) atoms. The summed E-state index contributed by atoms with van der Waals surface area (Å²) in [7, 11) is 0. The second kappa shape index (κ2) is 8.88. The van der Waals surface area contributed by atoms with E-state index in [0.717, 1.165) is 5.56 Å². The van der Waals surface area contributed by atoms with E-state index < -0.39 is 24.4 Å². The Morgan fingerprint density at radius 2 is 1.74 bits per heavy atom. The predicted molar refractivity (Wildman–Crippen MR) is 95.9 cm³/mol. The van der Waals surface area contributed by atoms with Gasteiger partial charge in [-0.2, -0.15) is 0 Å². The number of benzene rings is 1. The van der Waals surface area contributed by atoms with E-state index in [2.05, 4.69) is 10.9 Å². The first-order valence-electron chi connectivity index (χ1n) is 8.28. The van der Waals surface area contributed by atoms with E-state index in [9.17, 15) is 14.4 Å². The molecule has 0 aliphatic rings. The average Bonchev–Trinajstić information content (AvgIpc) is 3.17. The van der Waals surface area contributed by atoms with Crippen LogP contribution in [0.2, 0.25) is 0 Å². The molecule has 2 aromatic rings. The van der Waals surface area contributed by atoms with E-state index in [-0.39, 0.29) is 17.8 Å². The van der Waals surface area contributed by atoms with Crippen LogP contribution < -0.4 is 15.6 Å². The number of furan rings is 1. The van der Waals surface area contributed by atoms with Crippen molar-refractivity contribution < 1.29 is 28.3 Å². The molecule has 0 spiro atoms. The number of hydrogen-bond acceptors (Lipinski definition) is 6. The minimum atomic E-state index is -0.703. The van der Waals surface area contributed by atoms with Crippen molar-refractivity contribution in [2.45, 2.75) is 26.2 Å². The van der Waals surface area contributed by atoms with Crippen LogP contribution in [0.3, 0.4) is 0 Å². The Bertz CT molecular complexity index is 793. The molecule has 0 saturated carbocycles. The lowest BCUT2D eigenvalue weighted by molar-refractivity contribution is -0.150. The maximum Gasteiger partial charge on any atom is 0.344 e. The van der Waals surface area contributed by atoms with Crippen LogP contribution in [0, 0.1) is 0 Å². The van der Waals surface area contributed by atoms with E-state index in [1.165, 1.54) is 18.4 Å². The summed E-state index contributed by atoms with van der Waals surface area (Å²) in [5.41, 5.74) is 5.06. The minimum Gasteiger partial charge on any atom is -0.482 e. The molecular formula is C19H22N2O6. The Morgan fingerprint density at radius 1 is 1.00 bits per heavy atom. The van der Waals surface area contributed by atoms with Crippen LogP contribution in [0.15, 0.2) is 47.1 Å². The molecule has 0 saturated heterocycles.